The molecule has 0 heterocycles. The van der Waals surface area contributed by atoms with Crippen molar-refractivity contribution < 1.29 is 14.3 Å². The molecular formula is C16H26N2O3. The zero-order chi connectivity index (χ0) is 15.5. The minimum atomic E-state index is -0.122. The summed E-state index contributed by atoms with van der Waals surface area (Å²) in [5.74, 6) is 0.569. The molecule has 0 saturated heterocycles. The van der Waals surface area contributed by atoms with E-state index in [0.29, 0.717) is 18.9 Å². The maximum Gasteiger partial charge on any atom is 0.257 e. The van der Waals surface area contributed by atoms with Gasteiger partial charge in [-0.1, -0.05) is 19.1 Å². The lowest BCUT2D eigenvalue weighted by atomic mass is 10.0. The number of nitrogens with two attached hydrogens (primary N) is 1. The summed E-state index contributed by atoms with van der Waals surface area (Å²) in [6.07, 6.45) is 2.62. The number of methoxy groups -OCH3 is 1. The zero-order valence-electron chi connectivity index (χ0n) is 12.9. The van der Waals surface area contributed by atoms with Gasteiger partial charge in [0.05, 0.1) is 0 Å². The number of carbonyl (C=O) groups is 1. The van der Waals surface area contributed by atoms with E-state index in [4.69, 9.17) is 15.2 Å². The summed E-state index contributed by atoms with van der Waals surface area (Å²) in [5.41, 5.74) is 7.10. The van der Waals surface area contributed by atoms with Crippen molar-refractivity contribution >= 4 is 5.91 Å². The normalized spacial score (nSPS) is 12.0. The van der Waals surface area contributed by atoms with E-state index in [0.717, 1.165) is 19.3 Å². The Morgan fingerprint density at radius 1 is 1.33 bits per heavy atom. The van der Waals surface area contributed by atoms with E-state index in [2.05, 4.69) is 12.2 Å². The molecule has 1 atom stereocenters. The fourth-order valence-electron chi connectivity index (χ4n) is 1.81. The van der Waals surface area contributed by atoms with Crippen molar-refractivity contribution in [2.75, 3.05) is 26.9 Å². The summed E-state index contributed by atoms with van der Waals surface area (Å²) >= 11 is 0. The van der Waals surface area contributed by atoms with E-state index in [1.807, 2.05) is 24.3 Å². The van der Waals surface area contributed by atoms with Gasteiger partial charge < -0.3 is 20.5 Å². The van der Waals surface area contributed by atoms with Crippen molar-refractivity contribution in [1.29, 1.82) is 0 Å². The molecule has 1 aromatic rings. The van der Waals surface area contributed by atoms with Crippen LogP contribution in [0.3, 0.4) is 0 Å². The minimum Gasteiger partial charge on any atom is -0.484 e. The molecule has 21 heavy (non-hydrogen) atoms. The smallest absolute Gasteiger partial charge is 0.257 e. The fraction of sp³-hybridized carbons (Fsp3) is 0.562. The van der Waals surface area contributed by atoms with Crippen LogP contribution >= 0.6 is 0 Å². The first kappa shape index (κ1) is 17.5. The molecule has 0 spiro atoms. The van der Waals surface area contributed by atoms with E-state index in [1.165, 1.54) is 5.56 Å². The molecular weight excluding hydrogens is 268 g/mol. The molecule has 1 amide bonds. The highest BCUT2D eigenvalue weighted by molar-refractivity contribution is 5.77. The van der Waals surface area contributed by atoms with Crippen LogP contribution in [0.15, 0.2) is 24.3 Å². The van der Waals surface area contributed by atoms with Crippen LogP contribution in [0.5, 0.6) is 5.75 Å². The molecule has 1 rings (SSSR count). The zero-order valence-corrected chi connectivity index (χ0v) is 12.9. The van der Waals surface area contributed by atoms with E-state index in [9.17, 15) is 4.79 Å². The van der Waals surface area contributed by atoms with Crippen molar-refractivity contribution in [3.63, 3.8) is 0 Å². The Morgan fingerprint density at radius 3 is 2.67 bits per heavy atom. The van der Waals surface area contributed by atoms with Crippen LogP contribution in [0.2, 0.25) is 0 Å². The quantitative estimate of drug-likeness (QED) is 0.641. The maximum absolute atomic E-state index is 11.5. The molecule has 5 nitrogen and oxygen atoms in total. The van der Waals surface area contributed by atoms with Crippen LogP contribution in [-0.2, 0) is 16.0 Å². The number of nitrogens with one attached hydrogen (secondary N) is 1. The van der Waals surface area contributed by atoms with Crippen LogP contribution in [-0.4, -0.2) is 38.8 Å². The SMILES string of the molecule is CCC(N)Cc1ccc(OCC(=O)NCCCOC)cc1. The summed E-state index contributed by atoms with van der Waals surface area (Å²) in [5, 5.41) is 2.77. The Hall–Kier alpha value is -1.59. The molecule has 0 fully saturated rings. The molecule has 0 saturated carbocycles. The van der Waals surface area contributed by atoms with Crippen molar-refractivity contribution in [3.8, 4) is 5.75 Å². The van der Waals surface area contributed by atoms with Gasteiger partial charge in [0.15, 0.2) is 6.61 Å². The fourth-order valence-corrected chi connectivity index (χ4v) is 1.81. The van der Waals surface area contributed by atoms with Crippen molar-refractivity contribution in [2.45, 2.75) is 32.2 Å². The molecule has 0 aliphatic rings. The van der Waals surface area contributed by atoms with Gasteiger partial charge in [-0.2, -0.15) is 0 Å². The molecule has 0 aromatic heterocycles. The predicted molar refractivity (Wildman–Crippen MR) is 83.4 cm³/mol. The average Bonchev–Trinajstić information content (AvgIpc) is 2.50. The summed E-state index contributed by atoms with van der Waals surface area (Å²) in [7, 11) is 1.64. The van der Waals surface area contributed by atoms with Crippen LogP contribution in [0, 0.1) is 0 Å². The lowest BCUT2D eigenvalue weighted by Crippen LogP contribution is -2.30. The molecule has 0 aliphatic heterocycles. The van der Waals surface area contributed by atoms with E-state index in [1.54, 1.807) is 7.11 Å². The second-order valence-electron chi connectivity index (χ2n) is 5.00. The van der Waals surface area contributed by atoms with Gasteiger partial charge in [0.25, 0.3) is 5.91 Å². The molecule has 0 bridgehead atoms. The summed E-state index contributed by atoms with van der Waals surface area (Å²) in [6, 6.07) is 7.91. The van der Waals surface area contributed by atoms with Crippen LogP contribution in [0.25, 0.3) is 0 Å². The molecule has 118 valence electrons. The first-order valence-corrected chi connectivity index (χ1v) is 7.38. The Kier molecular flexibility index (Phi) is 8.47. The standard InChI is InChI=1S/C16H26N2O3/c1-3-14(17)11-13-5-7-15(8-6-13)21-12-16(19)18-9-4-10-20-2/h5-8,14H,3-4,9-12,17H2,1-2H3,(H,18,19). The number of carbonyl (C=O) groups excluding carboxylic acids is 1. The van der Waals surface area contributed by atoms with Crippen molar-refractivity contribution in [2.24, 2.45) is 5.73 Å². The van der Waals surface area contributed by atoms with Crippen molar-refractivity contribution in [3.05, 3.63) is 29.8 Å². The second-order valence-corrected chi connectivity index (χ2v) is 5.00. The number of rotatable bonds is 10. The number of hydrogen-bond donors (Lipinski definition) is 2. The Balaban J connectivity index is 2.27. The first-order valence-electron chi connectivity index (χ1n) is 7.38. The third-order valence-electron chi connectivity index (χ3n) is 3.16. The lowest BCUT2D eigenvalue weighted by Gasteiger charge is -2.10. The van der Waals surface area contributed by atoms with Gasteiger partial charge >= 0.3 is 0 Å². The third-order valence-corrected chi connectivity index (χ3v) is 3.16. The number of hydrogen-bond acceptors (Lipinski definition) is 4. The minimum absolute atomic E-state index is 0.0286. The van der Waals surface area contributed by atoms with Crippen molar-refractivity contribution in [1.82, 2.24) is 5.32 Å². The highest BCUT2D eigenvalue weighted by atomic mass is 16.5. The van der Waals surface area contributed by atoms with Crippen LogP contribution < -0.4 is 15.8 Å². The number of benzene rings is 1. The highest BCUT2D eigenvalue weighted by Crippen LogP contribution is 2.13. The molecule has 1 aromatic carbocycles. The van der Waals surface area contributed by atoms with Gasteiger partial charge in [-0.3, -0.25) is 4.79 Å². The van der Waals surface area contributed by atoms with Gasteiger partial charge in [-0.15, -0.1) is 0 Å². The van der Waals surface area contributed by atoms with E-state index in [-0.39, 0.29) is 18.6 Å². The number of amides is 1. The summed E-state index contributed by atoms with van der Waals surface area (Å²) in [6.45, 7) is 3.35. The topological polar surface area (TPSA) is 73.6 Å². The van der Waals surface area contributed by atoms with Gasteiger partial charge in [-0.05, 0) is 37.0 Å². The van der Waals surface area contributed by atoms with E-state index < -0.39 is 0 Å². The van der Waals surface area contributed by atoms with Crippen LogP contribution in [0.1, 0.15) is 25.3 Å². The molecule has 0 radical (unpaired) electrons. The second kappa shape index (κ2) is 10.2. The van der Waals surface area contributed by atoms with Gasteiger partial charge in [0, 0.05) is 26.3 Å². The molecule has 3 N–H and O–H groups in total. The highest BCUT2D eigenvalue weighted by Gasteiger charge is 2.04. The van der Waals surface area contributed by atoms with Crippen LogP contribution in [0.4, 0.5) is 0 Å². The third kappa shape index (κ3) is 7.68. The van der Waals surface area contributed by atoms with E-state index >= 15 is 0 Å². The Bertz CT molecular complexity index is 406. The predicted octanol–water partition coefficient (Wildman–Crippen LogP) is 1.50. The average molecular weight is 294 g/mol. The monoisotopic (exact) mass is 294 g/mol. The van der Waals surface area contributed by atoms with Gasteiger partial charge in [-0.25, -0.2) is 0 Å². The largest absolute Gasteiger partial charge is 0.484 e. The van der Waals surface area contributed by atoms with Gasteiger partial charge in [0.2, 0.25) is 0 Å². The molecule has 1 unspecified atom stereocenters. The summed E-state index contributed by atoms with van der Waals surface area (Å²) in [4.78, 5) is 11.5. The molecule has 0 aliphatic carbocycles. The Morgan fingerprint density at radius 2 is 2.05 bits per heavy atom. The first-order chi connectivity index (χ1) is 10.2. The Labute approximate surface area is 126 Å². The lowest BCUT2D eigenvalue weighted by molar-refractivity contribution is -0.123. The molecule has 5 heteroatoms. The van der Waals surface area contributed by atoms with Gasteiger partial charge in [0.1, 0.15) is 5.75 Å². The summed E-state index contributed by atoms with van der Waals surface area (Å²) < 4.78 is 10.3. The maximum atomic E-state index is 11.5. The number of ether oxygens (including phenoxy) is 2.